The molecule has 1 N–H and O–H groups in total. The maximum Gasteiger partial charge on any atom is 0.338 e. The average molecular weight is 461 g/mol. The number of nitrogens with zero attached hydrogens (tertiary/aromatic N) is 1. The molecule has 7 heteroatoms. The van der Waals surface area contributed by atoms with Crippen LogP contribution in [0.4, 0.5) is 5.69 Å². The van der Waals surface area contributed by atoms with Gasteiger partial charge in [-0.1, -0.05) is 60.7 Å². The topological polar surface area (TPSA) is 75.7 Å². The minimum Gasteiger partial charge on any atom is -0.449 e. The molecule has 0 aliphatic carbocycles. The number of hydrogen-bond donors (Lipinski definition) is 1. The summed E-state index contributed by atoms with van der Waals surface area (Å²) in [5.41, 5.74) is 2.85. The van der Waals surface area contributed by atoms with Gasteiger partial charge in [0.25, 0.3) is 5.91 Å². The Labute approximate surface area is 196 Å². The monoisotopic (exact) mass is 460 g/mol. The Hall–Kier alpha value is -3.58. The smallest absolute Gasteiger partial charge is 0.338 e. The molecule has 0 bridgehead atoms. The maximum absolute atomic E-state index is 13.3. The molecule has 33 heavy (non-hydrogen) atoms. The first-order chi connectivity index (χ1) is 16.0. The summed E-state index contributed by atoms with van der Waals surface area (Å²) in [5, 5.41) is 2.76. The lowest BCUT2D eigenvalue weighted by atomic mass is 10.1. The number of amides is 2. The van der Waals surface area contributed by atoms with Gasteiger partial charge in [-0.15, -0.1) is 11.8 Å². The van der Waals surface area contributed by atoms with E-state index in [2.05, 4.69) is 5.32 Å². The highest BCUT2D eigenvalue weighted by molar-refractivity contribution is 8.00. The largest absolute Gasteiger partial charge is 0.449 e. The van der Waals surface area contributed by atoms with Gasteiger partial charge in [-0.05, 0) is 36.2 Å². The van der Waals surface area contributed by atoms with Gasteiger partial charge in [-0.3, -0.25) is 9.59 Å². The van der Waals surface area contributed by atoms with Crippen molar-refractivity contribution >= 4 is 35.2 Å². The Morgan fingerprint density at radius 3 is 2.18 bits per heavy atom. The van der Waals surface area contributed by atoms with Gasteiger partial charge < -0.3 is 15.0 Å². The third kappa shape index (κ3) is 5.81. The second kappa shape index (κ2) is 10.4. The fourth-order valence-corrected chi connectivity index (χ4v) is 4.35. The lowest BCUT2D eigenvalue weighted by Gasteiger charge is -2.26. The molecule has 4 rings (SSSR count). The Morgan fingerprint density at radius 1 is 0.970 bits per heavy atom. The zero-order valence-electron chi connectivity index (χ0n) is 18.2. The quantitative estimate of drug-likeness (QED) is 0.525. The van der Waals surface area contributed by atoms with Crippen LogP contribution in [0.15, 0.2) is 83.8 Å². The van der Waals surface area contributed by atoms with Crippen LogP contribution in [0.2, 0.25) is 0 Å². The van der Waals surface area contributed by atoms with Crippen molar-refractivity contribution in [2.75, 3.05) is 11.1 Å². The molecule has 1 aliphatic heterocycles. The third-order valence-electron chi connectivity index (χ3n) is 5.22. The number of hydrogen-bond acceptors (Lipinski definition) is 5. The minimum atomic E-state index is -0.968. The van der Waals surface area contributed by atoms with E-state index in [0.29, 0.717) is 24.5 Å². The van der Waals surface area contributed by atoms with E-state index in [-0.39, 0.29) is 17.4 Å². The Kier molecular flexibility index (Phi) is 7.10. The van der Waals surface area contributed by atoms with Crippen molar-refractivity contribution in [2.24, 2.45) is 0 Å². The predicted octanol–water partition coefficient (Wildman–Crippen LogP) is 4.51. The van der Waals surface area contributed by atoms with Crippen molar-refractivity contribution in [1.82, 2.24) is 4.90 Å². The van der Waals surface area contributed by atoms with Gasteiger partial charge in [-0.2, -0.15) is 0 Å². The van der Waals surface area contributed by atoms with E-state index >= 15 is 0 Å². The predicted molar refractivity (Wildman–Crippen MR) is 128 cm³/mol. The molecule has 0 saturated heterocycles. The van der Waals surface area contributed by atoms with E-state index in [9.17, 15) is 14.4 Å². The Balaban J connectivity index is 1.48. The van der Waals surface area contributed by atoms with Crippen molar-refractivity contribution in [3.05, 3.63) is 95.6 Å². The van der Waals surface area contributed by atoms with Gasteiger partial charge >= 0.3 is 5.97 Å². The molecule has 0 saturated carbocycles. The standard InChI is InChI=1S/C26H24N2O4S/c1-18(32-26(31)21-12-13-23-22(14-21)27-24(29)17-33-23)25(30)28(15-19-8-4-2-5-9-19)16-20-10-6-3-7-11-20/h2-14,18H,15-17H2,1H3,(H,27,29). The summed E-state index contributed by atoms with van der Waals surface area (Å²) in [6.45, 7) is 2.39. The molecule has 1 unspecified atom stereocenters. The SMILES string of the molecule is CC(OC(=O)c1ccc2c(c1)NC(=O)CS2)C(=O)N(Cc1ccccc1)Cc1ccccc1. The van der Waals surface area contributed by atoms with Crippen molar-refractivity contribution in [3.63, 3.8) is 0 Å². The molecule has 1 heterocycles. The summed E-state index contributed by atoms with van der Waals surface area (Å²) in [6, 6.07) is 24.4. The number of nitrogens with one attached hydrogen (secondary N) is 1. The number of thioether (sulfide) groups is 1. The van der Waals surface area contributed by atoms with Gasteiger partial charge in [0, 0.05) is 18.0 Å². The van der Waals surface area contributed by atoms with Crippen LogP contribution in [0.1, 0.15) is 28.4 Å². The fraction of sp³-hybridized carbons (Fsp3) is 0.192. The normalized spacial score (nSPS) is 13.4. The molecule has 1 aliphatic rings. The van der Waals surface area contributed by atoms with E-state index in [4.69, 9.17) is 4.74 Å². The number of anilines is 1. The number of carbonyl (C=O) groups is 3. The molecular formula is C26H24N2O4S. The number of ether oxygens (including phenoxy) is 1. The number of carbonyl (C=O) groups excluding carboxylic acids is 3. The van der Waals surface area contributed by atoms with Gasteiger partial charge in [0.1, 0.15) is 0 Å². The van der Waals surface area contributed by atoms with Crippen LogP contribution in [0.5, 0.6) is 0 Å². The van der Waals surface area contributed by atoms with Crippen LogP contribution in [0.3, 0.4) is 0 Å². The summed E-state index contributed by atoms with van der Waals surface area (Å²) in [6.07, 6.45) is -0.968. The van der Waals surface area contributed by atoms with Gasteiger partial charge in [0.05, 0.1) is 17.0 Å². The molecule has 0 spiro atoms. The number of benzene rings is 3. The molecule has 6 nitrogen and oxygen atoms in total. The first-order valence-corrected chi connectivity index (χ1v) is 11.6. The van der Waals surface area contributed by atoms with E-state index in [1.165, 1.54) is 11.8 Å². The summed E-state index contributed by atoms with van der Waals surface area (Å²) >= 11 is 1.42. The summed E-state index contributed by atoms with van der Waals surface area (Å²) in [5.74, 6) is -0.652. The lowest BCUT2D eigenvalue weighted by molar-refractivity contribution is -0.141. The van der Waals surface area contributed by atoms with Gasteiger partial charge in [0.2, 0.25) is 5.91 Å². The highest BCUT2D eigenvalue weighted by Gasteiger charge is 2.26. The molecule has 0 aromatic heterocycles. The van der Waals surface area contributed by atoms with Crippen LogP contribution in [0, 0.1) is 0 Å². The first-order valence-electron chi connectivity index (χ1n) is 10.6. The number of esters is 1. The summed E-state index contributed by atoms with van der Waals surface area (Å²) < 4.78 is 5.52. The van der Waals surface area contributed by atoms with Crippen molar-refractivity contribution < 1.29 is 19.1 Å². The van der Waals surface area contributed by atoms with Crippen LogP contribution in [-0.2, 0) is 27.4 Å². The van der Waals surface area contributed by atoms with Crippen LogP contribution >= 0.6 is 11.8 Å². The highest BCUT2D eigenvalue weighted by atomic mass is 32.2. The van der Waals surface area contributed by atoms with Crippen molar-refractivity contribution in [3.8, 4) is 0 Å². The second-order valence-electron chi connectivity index (χ2n) is 7.76. The average Bonchev–Trinajstić information content (AvgIpc) is 2.84. The first kappa shape index (κ1) is 22.6. The van der Waals surface area contributed by atoms with Gasteiger partial charge in [-0.25, -0.2) is 4.79 Å². The number of rotatable bonds is 7. The molecule has 3 aromatic rings. The van der Waals surface area contributed by atoms with Crippen LogP contribution < -0.4 is 5.32 Å². The molecule has 3 aromatic carbocycles. The zero-order valence-corrected chi connectivity index (χ0v) is 19.0. The van der Waals surface area contributed by atoms with Crippen molar-refractivity contribution in [1.29, 1.82) is 0 Å². The van der Waals surface area contributed by atoms with Crippen LogP contribution in [0.25, 0.3) is 0 Å². The Bertz CT molecular complexity index is 1110. The molecule has 1 atom stereocenters. The summed E-state index contributed by atoms with van der Waals surface area (Å²) in [7, 11) is 0. The highest BCUT2D eigenvalue weighted by Crippen LogP contribution is 2.32. The second-order valence-corrected chi connectivity index (χ2v) is 8.78. The van der Waals surface area contributed by atoms with Crippen LogP contribution in [-0.4, -0.2) is 34.5 Å². The number of fused-ring (bicyclic) bond motifs is 1. The van der Waals surface area contributed by atoms with Crippen molar-refractivity contribution in [2.45, 2.75) is 31.0 Å². The zero-order chi connectivity index (χ0) is 23.2. The van der Waals surface area contributed by atoms with E-state index in [1.54, 1.807) is 30.0 Å². The van der Waals surface area contributed by atoms with E-state index in [1.807, 2.05) is 60.7 Å². The van der Waals surface area contributed by atoms with E-state index in [0.717, 1.165) is 16.0 Å². The van der Waals surface area contributed by atoms with E-state index < -0.39 is 12.1 Å². The molecule has 0 radical (unpaired) electrons. The molecular weight excluding hydrogens is 436 g/mol. The maximum atomic E-state index is 13.3. The lowest BCUT2D eigenvalue weighted by Crippen LogP contribution is -2.39. The Morgan fingerprint density at radius 2 is 1.58 bits per heavy atom. The fourth-order valence-electron chi connectivity index (χ4n) is 3.57. The van der Waals surface area contributed by atoms with Gasteiger partial charge in [0.15, 0.2) is 6.10 Å². The molecule has 0 fully saturated rings. The minimum absolute atomic E-state index is 0.112. The summed E-state index contributed by atoms with van der Waals surface area (Å²) in [4.78, 5) is 40.3. The third-order valence-corrected chi connectivity index (χ3v) is 6.30. The molecule has 168 valence electrons. The molecule has 2 amide bonds.